The average molecular weight is 315 g/mol. The number of rotatable bonds is 4. The molecule has 118 valence electrons. The van der Waals surface area contributed by atoms with Gasteiger partial charge in [0.05, 0.1) is 18.3 Å². The van der Waals surface area contributed by atoms with Crippen molar-refractivity contribution >= 4 is 28.6 Å². The van der Waals surface area contributed by atoms with Crippen LogP contribution in [0.3, 0.4) is 0 Å². The maximum absolute atomic E-state index is 13.0. The van der Waals surface area contributed by atoms with Gasteiger partial charge >= 0.3 is 0 Å². The van der Waals surface area contributed by atoms with E-state index in [4.69, 9.17) is 4.42 Å². The van der Waals surface area contributed by atoms with E-state index in [0.717, 1.165) is 5.52 Å². The van der Waals surface area contributed by atoms with E-state index >= 15 is 0 Å². The van der Waals surface area contributed by atoms with E-state index in [1.165, 1.54) is 18.2 Å². The second-order valence-corrected chi connectivity index (χ2v) is 5.00. The molecule has 0 fully saturated rings. The molecule has 0 aliphatic rings. The van der Waals surface area contributed by atoms with Crippen LogP contribution in [0.25, 0.3) is 11.1 Å². The third kappa shape index (κ3) is 3.08. The summed E-state index contributed by atoms with van der Waals surface area (Å²) in [7, 11) is 1.74. The molecular weight excluding hydrogens is 301 g/mol. The van der Waals surface area contributed by atoms with Crippen molar-refractivity contribution in [1.29, 1.82) is 0 Å². The Morgan fingerprint density at radius 1 is 1.26 bits per heavy atom. The molecule has 3 rings (SSSR count). The molecule has 0 unspecified atom stereocenters. The second-order valence-electron chi connectivity index (χ2n) is 5.00. The predicted octanol–water partition coefficient (Wildman–Crippen LogP) is 2.28. The molecule has 2 N–H and O–H groups in total. The Kier molecular flexibility index (Phi) is 3.84. The highest BCUT2D eigenvalue weighted by atomic mass is 19.1. The van der Waals surface area contributed by atoms with E-state index in [2.05, 4.69) is 10.6 Å². The monoisotopic (exact) mass is 315 g/mol. The minimum Gasteiger partial charge on any atom is -0.463 e. The molecule has 23 heavy (non-hydrogen) atoms. The number of halogens is 1. The quantitative estimate of drug-likeness (QED) is 0.775. The van der Waals surface area contributed by atoms with Gasteiger partial charge in [0.1, 0.15) is 11.5 Å². The van der Waals surface area contributed by atoms with Gasteiger partial charge in [0.25, 0.3) is 5.91 Å². The van der Waals surface area contributed by atoms with Crippen molar-refractivity contribution in [2.45, 2.75) is 0 Å². The molecule has 3 aromatic rings. The number of carbonyl (C=O) groups excluding carboxylic acids is 2. The highest BCUT2D eigenvalue weighted by Gasteiger charge is 2.15. The van der Waals surface area contributed by atoms with Crippen LogP contribution in [0.15, 0.2) is 47.1 Å². The van der Waals surface area contributed by atoms with Gasteiger partial charge < -0.3 is 19.6 Å². The number of nitrogens with one attached hydrogen (secondary N) is 2. The molecule has 2 aromatic heterocycles. The van der Waals surface area contributed by atoms with Gasteiger partial charge in [-0.1, -0.05) is 6.07 Å². The molecule has 6 nitrogen and oxygen atoms in total. The molecule has 0 spiro atoms. The van der Waals surface area contributed by atoms with E-state index in [1.54, 1.807) is 36.1 Å². The molecule has 7 heteroatoms. The smallest absolute Gasteiger partial charge is 0.268 e. The van der Waals surface area contributed by atoms with Gasteiger partial charge in [0.2, 0.25) is 5.91 Å². The van der Waals surface area contributed by atoms with Gasteiger partial charge in [0.15, 0.2) is 5.58 Å². The Morgan fingerprint density at radius 2 is 2.09 bits per heavy atom. The number of nitrogens with zero attached hydrogens (tertiary/aromatic N) is 1. The molecule has 0 aliphatic carbocycles. The van der Waals surface area contributed by atoms with Gasteiger partial charge in [0, 0.05) is 24.9 Å². The summed E-state index contributed by atoms with van der Waals surface area (Å²) >= 11 is 0. The summed E-state index contributed by atoms with van der Waals surface area (Å²) in [5.74, 6) is -1.28. The summed E-state index contributed by atoms with van der Waals surface area (Å²) in [6.07, 6.45) is 1.54. The SMILES string of the molecule is Cn1c(C(=O)NCC(=O)Nc2cccc(F)c2)cc2occc21. The fourth-order valence-electron chi connectivity index (χ4n) is 2.29. The Labute approximate surface area is 130 Å². The molecule has 0 saturated carbocycles. The Morgan fingerprint density at radius 3 is 2.83 bits per heavy atom. The van der Waals surface area contributed by atoms with E-state index in [-0.39, 0.29) is 6.54 Å². The number of amides is 2. The first-order valence-corrected chi connectivity index (χ1v) is 6.91. The Bertz CT molecular complexity index is 882. The zero-order chi connectivity index (χ0) is 16.4. The zero-order valence-corrected chi connectivity index (χ0v) is 12.3. The summed E-state index contributed by atoms with van der Waals surface area (Å²) < 4.78 is 19.9. The first kappa shape index (κ1) is 14.8. The van der Waals surface area contributed by atoms with Crippen molar-refractivity contribution in [2.24, 2.45) is 7.05 Å². The highest BCUT2D eigenvalue weighted by molar-refractivity contribution is 6.00. The molecule has 0 aliphatic heterocycles. The number of fused-ring (bicyclic) bond motifs is 1. The third-order valence-corrected chi connectivity index (χ3v) is 3.41. The van der Waals surface area contributed by atoms with Gasteiger partial charge in [-0.05, 0) is 18.2 Å². The molecule has 1 aromatic carbocycles. The summed E-state index contributed by atoms with van der Waals surface area (Å²) in [4.78, 5) is 23.9. The second kappa shape index (κ2) is 5.96. The van der Waals surface area contributed by atoms with Crippen LogP contribution in [0.2, 0.25) is 0 Å². The topological polar surface area (TPSA) is 76.3 Å². The lowest BCUT2D eigenvalue weighted by atomic mass is 10.3. The van der Waals surface area contributed by atoms with Gasteiger partial charge in [-0.2, -0.15) is 0 Å². The molecule has 0 saturated heterocycles. The summed E-state index contributed by atoms with van der Waals surface area (Å²) in [5.41, 5.74) is 2.11. The first-order valence-electron chi connectivity index (χ1n) is 6.91. The molecule has 0 bridgehead atoms. The van der Waals surface area contributed by atoms with Crippen molar-refractivity contribution in [3.05, 3.63) is 54.2 Å². The average Bonchev–Trinajstić information content (AvgIpc) is 3.08. The minimum absolute atomic E-state index is 0.220. The lowest BCUT2D eigenvalue weighted by Gasteiger charge is -2.07. The van der Waals surface area contributed by atoms with Gasteiger partial charge in [-0.15, -0.1) is 0 Å². The lowest BCUT2D eigenvalue weighted by Crippen LogP contribution is -2.33. The summed E-state index contributed by atoms with van der Waals surface area (Å²) in [5, 5.41) is 5.02. The van der Waals surface area contributed by atoms with E-state index in [9.17, 15) is 14.0 Å². The van der Waals surface area contributed by atoms with Crippen LogP contribution in [0.1, 0.15) is 10.5 Å². The van der Waals surface area contributed by atoms with Crippen molar-refractivity contribution in [3.8, 4) is 0 Å². The molecule has 2 heterocycles. The fraction of sp³-hybridized carbons (Fsp3) is 0.125. The number of furan rings is 1. The third-order valence-electron chi connectivity index (χ3n) is 3.41. The number of anilines is 1. The van der Waals surface area contributed by atoms with Crippen molar-refractivity contribution in [3.63, 3.8) is 0 Å². The number of aryl methyl sites for hydroxylation is 1. The fourth-order valence-corrected chi connectivity index (χ4v) is 2.29. The van der Waals surface area contributed by atoms with Crippen LogP contribution < -0.4 is 10.6 Å². The van der Waals surface area contributed by atoms with E-state index < -0.39 is 17.6 Å². The molecular formula is C16H14FN3O3. The van der Waals surface area contributed by atoms with Crippen LogP contribution in [0, 0.1) is 5.82 Å². The van der Waals surface area contributed by atoms with Crippen LogP contribution in [0.5, 0.6) is 0 Å². The number of hydrogen-bond donors (Lipinski definition) is 2. The largest absolute Gasteiger partial charge is 0.463 e. The number of hydrogen-bond acceptors (Lipinski definition) is 3. The summed E-state index contributed by atoms with van der Waals surface area (Å²) in [6, 6.07) is 8.89. The zero-order valence-electron chi connectivity index (χ0n) is 12.3. The number of benzene rings is 1. The highest BCUT2D eigenvalue weighted by Crippen LogP contribution is 2.19. The van der Waals surface area contributed by atoms with Crippen LogP contribution in [0.4, 0.5) is 10.1 Å². The predicted molar refractivity (Wildman–Crippen MR) is 82.5 cm³/mol. The Hall–Kier alpha value is -3.09. The molecule has 0 atom stereocenters. The summed E-state index contributed by atoms with van der Waals surface area (Å²) in [6.45, 7) is -0.220. The van der Waals surface area contributed by atoms with Gasteiger partial charge in [-0.25, -0.2) is 4.39 Å². The maximum atomic E-state index is 13.0. The van der Waals surface area contributed by atoms with Crippen LogP contribution in [-0.4, -0.2) is 22.9 Å². The standard InChI is InChI=1S/C16H14FN3O3/c1-20-12-5-6-23-14(12)8-13(20)16(22)18-9-15(21)19-11-4-2-3-10(17)7-11/h2-8H,9H2,1H3,(H,18,22)(H,19,21). The van der Waals surface area contributed by atoms with Crippen molar-refractivity contribution in [2.75, 3.05) is 11.9 Å². The van der Waals surface area contributed by atoms with Gasteiger partial charge in [-0.3, -0.25) is 9.59 Å². The first-order chi connectivity index (χ1) is 11.0. The van der Waals surface area contributed by atoms with E-state index in [0.29, 0.717) is 17.0 Å². The minimum atomic E-state index is -0.446. The number of aromatic nitrogens is 1. The number of carbonyl (C=O) groups is 2. The Balaban J connectivity index is 1.61. The lowest BCUT2D eigenvalue weighted by molar-refractivity contribution is -0.115. The van der Waals surface area contributed by atoms with Crippen molar-refractivity contribution in [1.82, 2.24) is 9.88 Å². The van der Waals surface area contributed by atoms with Crippen molar-refractivity contribution < 1.29 is 18.4 Å². The molecule has 2 amide bonds. The maximum Gasteiger partial charge on any atom is 0.268 e. The van der Waals surface area contributed by atoms with Crippen LogP contribution >= 0.6 is 0 Å². The van der Waals surface area contributed by atoms with Crippen LogP contribution in [-0.2, 0) is 11.8 Å². The molecule has 0 radical (unpaired) electrons. The van der Waals surface area contributed by atoms with E-state index in [1.807, 2.05) is 0 Å². The normalized spacial score (nSPS) is 10.7.